The Labute approximate surface area is 122 Å². The van der Waals surface area contributed by atoms with Crippen LogP contribution in [0.4, 0.5) is 13.6 Å². The van der Waals surface area contributed by atoms with Gasteiger partial charge in [-0.25, -0.2) is 13.6 Å². The number of halogens is 2. The first-order valence-electron chi connectivity index (χ1n) is 6.77. The molecule has 0 bridgehead atoms. The van der Waals surface area contributed by atoms with Crippen molar-refractivity contribution in [3.8, 4) is 0 Å². The van der Waals surface area contributed by atoms with Crippen molar-refractivity contribution in [3.05, 3.63) is 0 Å². The summed E-state index contributed by atoms with van der Waals surface area (Å²) in [6.07, 6.45) is -1.90. The molecule has 5 nitrogen and oxygen atoms in total. The smallest absolute Gasteiger partial charge is 0.410 e. The van der Waals surface area contributed by atoms with E-state index in [1.807, 2.05) is 0 Å². The quantitative estimate of drug-likeness (QED) is 0.751. The largest absolute Gasteiger partial charge is 0.444 e. The normalized spacial score (nSPS) is 21.8. The Balaban J connectivity index is 2.81. The number of hydrogen-bond donors (Lipinski definition) is 0. The molecule has 1 aliphatic rings. The molecule has 1 fully saturated rings. The second kappa shape index (κ2) is 6.07. The van der Waals surface area contributed by atoms with Crippen LogP contribution in [0.5, 0.6) is 0 Å². The van der Waals surface area contributed by atoms with E-state index in [2.05, 4.69) is 0 Å². The van der Waals surface area contributed by atoms with E-state index in [1.54, 1.807) is 20.8 Å². The molecule has 0 unspecified atom stereocenters. The second-order valence-electron chi connectivity index (χ2n) is 6.46. The Morgan fingerprint density at radius 1 is 1.29 bits per heavy atom. The number of carbonyl (C=O) groups is 3. The summed E-state index contributed by atoms with van der Waals surface area (Å²) in [6.45, 7) is 5.20. The molecule has 0 N–H and O–H groups in total. The highest BCUT2D eigenvalue weighted by atomic mass is 19.3. The fourth-order valence-electron chi connectivity index (χ4n) is 2.17. The number of carbonyl (C=O) groups excluding carboxylic acids is 3. The first-order valence-corrected chi connectivity index (χ1v) is 6.77. The number of Topliss-reactive ketones (excluding diaryl/α,β-unsaturated/α-hetero) is 2. The first-order chi connectivity index (χ1) is 9.39. The molecule has 0 aromatic rings. The predicted molar refractivity (Wildman–Crippen MR) is 71.2 cm³/mol. The van der Waals surface area contributed by atoms with Gasteiger partial charge in [0, 0.05) is 18.9 Å². The van der Waals surface area contributed by atoms with E-state index < -0.39 is 42.3 Å². The molecule has 0 radical (unpaired) electrons. The summed E-state index contributed by atoms with van der Waals surface area (Å²) in [5.74, 6) is -5.13. The molecule has 0 saturated carbocycles. The van der Waals surface area contributed by atoms with Crippen molar-refractivity contribution in [2.45, 2.75) is 52.1 Å². The molecule has 7 heteroatoms. The van der Waals surface area contributed by atoms with Gasteiger partial charge < -0.3 is 9.64 Å². The van der Waals surface area contributed by atoms with Crippen molar-refractivity contribution in [1.82, 2.24) is 4.90 Å². The van der Waals surface area contributed by atoms with Crippen molar-refractivity contribution in [3.63, 3.8) is 0 Å². The zero-order chi connectivity index (χ0) is 16.4. The maximum absolute atomic E-state index is 13.7. The fourth-order valence-corrected chi connectivity index (χ4v) is 2.17. The van der Waals surface area contributed by atoms with Gasteiger partial charge in [-0.3, -0.25) is 9.59 Å². The van der Waals surface area contributed by atoms with Crippen molar-refractivity contribution in [2.24, 2.45) is 5.92 Å². The zero-order valence-corrected chi connectivity index (χ0v) is 12.7. The molecule has 21 heavy (non-hydrogen) atoms. The molecule has 1 rings (SSSR count). The van der Waals surface area contributed by atoms with Crippen LogP contribution in [-0.2, 0) is 14.3 Å². The van der Waals surface area contributed by atoms with Crippen LogP contribution in [0.2, 0.25) is 0 Å². The molecule has 0 spiro atoms. The first kappa shape index (κ1) is 17.5. The van der Waals surface area contributed by atoms with Gasteiger partial charge in [0.2, 0.25) is 0 Å². The van der Waals surface area contributed by atoms with Crippen LogP contribution >= 0.6 is 0 Å². The molecule has 1 amide bonds. The van der Waals surface area contributed by atoms with Gasteiger partial charge in [0.15, 0.2) is 0 Å². The monoisotopic (exact) mass is 305 g/mol. The van der Waals surface area contributed by atoms with Crippen LogP contribution in [0, 0.1) is 5.92 Å². The predicted octanol–water partition coefficient (Wildman–Crippen LogP) is 2.43. The van der Waals surface area contributed by atoms with Crippen LogP contribution in [0.15, 0.2) is 0 Å². The number of nitrogens with zero attached hydrogens (tertiary/aromatic N) is 1. The third-order valence-corrected chi connectivity index (χ3v) is 2.94. The fraction of sp³-hybridized carbons (Fsp3) is 0.786. The Hall–Kier alpha value is -1.53. The molecule has 0 aliphatic carbocycles. The maximum Gasteiger partial charge on any atom is 0.410 e. The highest BCUT2D eigenvalue weighted by molar-refractivity contribution is 5.99. The van der Waals surface area contributed by atoms with Gasteiger partial charge in [-0.1, -0.05) is 0 Å². The topological polar surface area (TPSA) is 63.7 Å². The van der Waals surface area contributed by atoms with Crippen molar-refractivity contribution in [1.29, 1.82) is 0 Å². The molecule has 120 valence electrons. The van der Waals surface area contributed by atoms with Crippen LogP contribution in [0.3, 0.4) is 0 Å². The van der Waals surface area contributed by atoms with Gasteiger partial charge in [-0.2, -0.15) is 0 Å². The summed E-state index contributed by atoms with van der Waals surface area (Å²) < 4.78 is 32.5. The Morgan fingerprint density at radius 3 is 2.33 bits per heavy atom. The van der Waals surface area contributed by atoms with Crippen LogP contribution in [0.25, 0.3) is 0 Å². The number of hydrogen-bond acceptors (Lipinski definition) is 4. The van der Waals surface area contributed by atoms with Crippen molar-refractivity contribution >= 4 is 17.7 Å². The highest BCUT2D eigenvalue weighted by Crippen LogP contribution is 2.32. The lowest BCUT2D eigenvalue weighted by molar-refractivity contribution is -0.137. The average molecular weight is 305 g/mol. The minimum Gasteiger partial charge on any atom is -0.444 e. The SMILES string of the molecule is CC(=O)CC(=O)[C@@H]1CN(C(=O)OC(C)(C)C)CC(F)(F)C1. The van der Waals surface area contributed by atoms with Gasteiger partial charge in [0.1, 0.15) is 17.2 Å². The van der Waals surface area contributed by atoms with Crippen LogP contribution in [-0.4, -0.2) is 47.2 Å². The Morgan fingerprint density at radius 2 is 1.86 bits per heavy atom. The zero-order valence-electron chi connectivity index (χ0n) is 12.7. The average Bonchev–Trinajstić information content (AvgIpc) is 2.23. The Kier molecular flexibility index (Phi) is 5.07. The van der Waals surface area contributed by atoms with E-state index in [-0.39, 0.29) is 18.7 Å². The van der Waals surface area contributed by atoms with Gasteiger partial charge >= 0.3 is 6.09 Å². The van der Waals surface area contributed by atoms with Gasteiger partial charge in [-0.05, 0) is 27.7 Å². The van der Waals surface area contributed by atoms with Crippen LogP contribution < -0.4 is 0 Å². The molecule has 1 heterocycles. The number of ketones is 2. The van der Waals surface area contributed by atoms with Gasteiger partial charge in [0.05, 0.1) is 13.0 Å². The summed E-state index contributed by atoms with van der Waals surface area (Å²) in [6, 6.07) is 0. The van der Waals surface area contributed by atoms with E-state index in [9.17, 15) is 23.2 Å². The lowest BCUT2D eigenvalue weighted by atomic mass is 9.89. The molecule has 1 aliphatic heterocycles. The van der Waals surface area contributed by atoms with E-state index in [1.165, 1.54) is 6.92 Å². The second-order valence-corrected chi connectivity index (χ2v) is 6.46. The number of rotatable bonds is 3. The highest BCUT2D eigenvalue weighted by Gasteiger charge is 2.45. The summed E-state index contributed by atoms with van der Waals surface area (Å²) in [5.41, 5.74) is -0.803. The molecule has 0 aromatic heterocycles. The van der Waals surface area contributed by atoms with Crippen molar-refractivity contribution < 1.29 is 27.9 Å². The summed E-state index contributed by atoms with van der Waals surface area (Å²) in [4.78, 5) is 35.5. The third kappa shape index (κ3) is 5.77. The number of amides is 1. The summed E-state index contributed by atoms with van der Waals surface area (Å²) in [7, 11) is 0. The van der Waals surface area contributed by atoms with Crippen molar-refractivity contribution in [2.75, 3.05) is 13.1 Å². The third-order valence-electron chi connectivity index (χ3n) is 2.94. The summed E-state index contributed by atoms with van der Waals surface area (Å²) in [5, 5.41) is 0. The minimum atomic E-state index is -3.16. The minimum absolute atomic E-state index is 0.142. The number of ether oxygens (including phenoxy) is 1. The molecule has 1 atom stereocenters. The number of piperidine rings is 1. The maximum atomic E-state index is 13.7. The lowest BCUT2D eigenvalue weighted by Gasteiger charge is -2.37. The van der Waals surface area contributed by atoms with Crippen LogP contribution in [0.1, 0.15) is 40.5 Å². The van der Waals surface area contributed by atoms with E-state index >= 15 is 0 Å². The molecular weight excluding hydrogens is 284 g/mol. The van der Waals surface area contributed by atoms with Gasteiger partial charge in [0.25, 0.3) is 5.92 Å². The molecular formula is C14H21F2NO4. The Bertz CT molecular complexity index is 443. The van der Waals surface area contributed by atoms with Gasteiger partial charge in [-0.15, -0.1) is 0 Å². The number of likely N-dealkylation sites (tertiary alicyclic amines) is 1. The lowest BCUT2D eigenvalue weighted by Crippen LogP contribution is -2.52. The standard InChI is InChI=1S/C14H21F2NO4/c1-9(18)5-11(19)10-6-14(15,16)8-17(7-10)12(20)21-13(2,3)4/h10H,5-8H2,1-4H3/t10-/m0/s1. The van der Waals surface area contributed by atoms with E-state index in [0.29, 0.717) is 0 Å². The van der Waals surface area contributed by atoms with E-state index in [4.69, 9.17) is 4.74 Å². The summed E-state index contributed by atoms with van der Waals surface area (Å²) >= 11 is 0. The molecule has 0 aromatic carbocycles. The number of alkyl halides is 2. The molecule has 1 saturated heterocycles. The van der Waals surface area contributed by atoms with E-state index in [0.717, 1.165) is 4.90 Å².